The van der Waals surface area contributed by atoms with E-state index in [1.807, 2.05) is 6.92 Å². The van der Waals surface area contributed by atoms with Crippen LogP contribution < -0.4 is 10.5 Å². The van der Waals surface area contributed by atoms with Gasteiger partial charge >= 0.3 is 0 Å². The van der Waals surface area contributed by atoms with E-state index in [4.69, 9.17) is 15.6 Å². The SMILES string of the molecule is C[C@H](N)c1ccc(OCCCCCCO)c(F)c1. The third-order valence-electron chi connectivity index (χ3n) is 2.79. The maximum atomic E-state index is 13.6. The fourth-order valence-electron chi connectivity index (χ4n) is 1.67. The summed E-state index contributed by atoms with van der Waals surface area (Å²) >= 11 is 0. The van der Waals surface area contributed by atoms with Crippen molar-refractivity contribution >= 4 is 0 Å². The molecular weight excluding hydrogens is 233 g/mol. The molecule has 4 heteroatoms. The van der Waals surface area contributed by atoms with Crippen LogP contribution in [0.5, 0.6) is 5.75 Å². The lowest BCUT2D eigenvalue weighted by atomic mass is 10.1. The third-order valence-corrected chi connectivity index (χ3v) is 2.79. The molecule has 0 unspecified atom stereocenters. The molecule has 3 nitrogen and oxygen atoms in total. The molecule has 1 rings (SSSR count). The first-order valence-corrected chi connectivity index (χ1v) is 6.44. The quantitative estimate of drug-likeness (QED) is 0.702. The van der Waals surface area contributed by atoms with Crippen LogP contribution in [0.1, 0.15) is 44.2 Å². The molecule has 1 atom stereocenters. The molecule has 18 heavy (non-hydrogen) atoms. The second kappa shape index (κ2) is 8.06. The van der Waals surface area contributed by atoms with E-state index in [0.717, 1.165) is 31.2 Å². The number of unbranched alkanes of at least 4 members (excludes halogenated alkanes) is 3. The molecule has 0 radical (unpaired) electrons. The predicted octanol–water partition coefficient (Wildman–Crippen LogP) is 2.78. The molecule has 1 aromatic carbocycles. The molecular formula is C14H22FNO2. The van der Waals surface area contributed by atoms with Gasteiger partial charge in [-0.2, -0.15) is 0 Å². The highest BCUT2D eigenvalue weighted by Crippen LogP contribution is 2.21. The normalized spacial score (nSPS) is 12.4. The molecule has 0 aliphatic rings. The van der Waals surface area contributed by atoms with Gasteiger partial charge in [-0.05, 0) is 43.9 Å². The second-order valence-electron chi connectivity index (χ2n) is 4.46. The van der Waals surface area contributed by atoms with E-state index in [2.05, 4.69) is 0 Å². The number of ether oxygens (including phenoxy) is 1. The first-order valence-electron chi connectivity index (χ1n) is 6.44. The average Bonchev–Trinajstić information content (AvgIpc) is 2.35. The molecule has 0 saturated carbocycles. The number of rotatable bonds is 8. The molecule has 0 saturated heterocycles. The van der Waals surface area contributed by atoms with Gasteiger partial charge < -0.3 is 15.6 Å². The summed E-state index contributed by atoms with van der Waals surface area (Å²) < 4.78 is 19.0. The molecule has 0 aromatic heterocycles. The van der Waals surface area contributed by atoms with Gasteiger partial charge in [-0.3, -0.25) is 0 Å². The van der Waals surface area contributed by atoms with Crippen molar-refractivity contribution in [2.75, 3.05) is 13.2 Å². The Hall–Kier alpha value is -1.13. The molecule has 0 amide bonds. The Labute approximate surface area is 108 Å². The number of hydrogen-bond acceptors (Lipinski definition) is 3. The first kappa shape index (κ1) is 14.9. The minimum Gasteiger partial charge on any atom is -0.491 e. The molecule has 0 heterocycles. The summed E-state index contributed by atoms with van der Waals surface area (Å²) in [6.45, 7) is 2.55. The molecule has 0 bridgehead atoms. The van der Waals surface area contributed by atoms with Gasteiger partial charge in [-0.25, -0.2) is 4.39 Å². The number of nitrogens with two attached hydrogens (primary N) is 1. The number of hydrogen-bond donors (Lipinski definition) is 2. The molecule has 3 N–H and O–H groups in total. The molecule has 0 aliphatic carbocycles. The van der Waals surface area contributed by atoms with Crippen LogP contribution in [0, 0.1) is 5.82 Å². The maximum Gasteiger partial charge on any atom is 0.165 e. The van der Waals surface area contributed by atoms with Crippen LogP contribution in [-0.4, -0.2) is 18.3 Å². The van der Waals surface area contributed by atoms with Crippen LogP contribution in [0.3, 0.4) is 0 Å². The third kappa shape index (κ3) is 5.02. The lowest BCUT2D eigenvalue weighted by molar-refractivity contribution is 0.269. The minimum absolute atomic E-state index is 0.174. The second-order valence-corrected chi connectivity index (χ2v) is 4.46. The summed E-state index contributed by atoms with van der Waals surface area (Å²) in [5, 5.41) is 8.62. The number of halogens is 1. The van der Waals surface area contributed by atoms with E-state index in [-0.39, 0.29) is 24.2 Å². The van der Waals surface area contributed by atoms with E-state index in [1.54, 1.807) is 12.1 Å². The van der Waals surface area contributed by atoms with Gasteiger partial charge in [0.1, 0.15) is 0 Å². The summed E-state index contributed by atoms with van der Waals surface area (Å²) in [6.07, 6.45) is 3.65. The van der Waals surface area contributed by atoms with Crippen LogP contribution >= 0.6 is 0 Å². The predicted molar refractivity (Wildman–Crippen MR) is 70.1 cm³/mol. The number of aliphatic hydroxyl groups is 1. The molecule has 0 spiro atoms. The standard InChI is InChI=1S/C14H22FNO2/c1-11(16)12-6-7-14(13(15)10-12)18-9-5-3-2-4-8-17/h6-7,10-11,17H,2-5,8-9,16H2,1H3/t11-/m0/s1. The highest BCUT2D eigenvalue weighted by molar-refractivity contribution is 5.30. The Morgan fingerprint density at radius 3 is 2.61 bits per heavy atom. The number of benzene rings is 1. The van der Waals surface area contributed by atoms with Crippen LogP contribution in [-0.2, 0) is 0 Å². The van der Waals surface area contributed by atoms with E-state index < -0.39 is 0 Å². The van der Waals surface area contributed by atoms with E-state index in [1.165, 1.54) is 6.07 Å². The van der Waals surface area contributed by atoms with Crippen molar-refractivity contribution in [2.24, 2.45) is 5.73 Å². The zero-order valence-corrected chi connectivity index (χ0v) is 10.9. The fourth-order valence-corrected chi connectivity index (χ4v) is 1.67. The summed E-state index contributed by atoms with van der Waals surface area (Å²) in [7, 11) is 0. The van der Waals surface area contributed by atoms with E-state index >= 15 is 0 Å². The van der Waals surface area contributed by atoms with Crippen molar-refractivity contribution in [2.45, 2.75) is 38.6 Å². The molecule has 0 aliphatic heterocycles. The number of aliphatic hydroxyl groups excluding tert-OH is 1. The molecule has 102 valence electrons. The van der Waals surface area contributed by atoms with Gasteiger partial charge in [0, 0.05) is 12.6 Å². The van der Waals surface area contributed by atoms with E-state index in [9.17, 15) is 4.39 Å². The van der Waals surface area contributed by atoms with Crippen molar-refractivity contribution in [1.82, 2.24) is 0 Å². The highest BCUT2D eigenvalue weighted by Gasteiger charge is 2.06. The minimum atomic E-state index is -0.361. The monoisotopic (exact) mass is 255 g/mol. The van der Waals surface area contributed by atoms with Crippen molar-refractivity contribution < 1.29 is 14.2 Å². The molecule has 1 aromatic rings. The largest absolute Gasteiger partial charge is 0.491 e. The van der Waals surface area contributed by atoms with Gasteiger partial charge in [0.15, 0.2) is 11.6 Å². The van der Waals surface area contributed by atoms with Gasteiger partial charge in [0.25, 0.3) is 0 Å². The summed E-state index contributed by atoms with van der Waals surface area (Å²) in [5.74, 6) is -0.0817. The van der Waals surface area contributed by atoms with Crippen molar-refractivity contribution in [3.05, 3.63) is 29.6 Å². The first-order chi connectivity index (χ1) is 8.65. The lowest BCUT2D eigenvalue weighted by Crippen LogP contribution is -2.06. The zero-order chi connectivity index (χ0) is 13.4. The fraction of sp³-hybridized carbons (Fsp3) is 0.571. The summed E-state index contributed by atoms with van der Waals surface area (Å²) in [5.41, 5.74) is 6.44. The van der Waals surface area contributed by atoms with Crippen LogP contribution in [0.2, 0.25) is 0 Å². The maximum absolute atomic E-state index is 13.6. The van der Waals surface area contributed by atoms with Crippen LogP contribution in [0.25, 0.3) is 0 Å². The van der Waals surface area contributed by atoms with Gasteiger partial charge in [0.2, 0.25) is 0 Å². The van der Waals surface area contributed by atoms with Crippen molar-refractivity contribution in [3.8, 4) is 5.75 Å². The smallest absolute Gasteiger partial charge is 0.165 e. The topological polar surface area (TPSA) is 55.5 Å². The Bertz CT molecular complexity index is 356. The summed E-state index contributed by atoms with van der Waals surface area (Å²) in [6, 6.07) is 4.66. The van der Waals surface area contributed by atoms with Crippen molar-refractivity contribution in [1.29, 1.82) is 0 Å². The Morgan fingerprint density at radius 2 is 2.00 bits per heavy atom. The Morgan fingerprint density at radius 1 is 1.28 bits per heavy atom. The lowest BCUT2D eigenvalue weighted by Gasteiger charge is -2.10. The van der Waals surface area contributed by atoms with Gasteiger partial charge in [-0.1, -0.05) is 12.5 Å². The highest BCUT2D eigenvalue weighted by atomic mass is 19.1. The van der Waals surface area contributed by atoms with Gasteiger partial charge in [0.05, 0.1) is 6.61 Å². The van der Waals surface area contributed by atoms with Crippen LogP contribution in [0.4, 0.5) is 4.39 Å². The van der Waals surface area contributed by atoms with E-state index in [0.29, 0.717) is 6.61 Å². The summed E-state index contributed by atoms with van der Waals surface area (Å²) in [4.78, 5) is 0. The van der Waals surface area contributed by atoms with Gasteiger partial charge in [-0.15, -0.1) is 0 Å². The Kier molecular flexibility index (Phi) is 6.68. The van der Waals surface area contributed by atoms with Crippen LogP contribution in [0.15, 0.2) is 18.2 Å². The average molecular weight is 255 g/mol. The molecule has 0 fully saturated rings. The Balaban J connectivity index is 2.34. The zero-order valence-electron chi connectivity index (χ0n) is 10.9. The van der Waals surface area contributed by atoms with Crippen molar-refractivity contribution in [3.63, 3.8) is 0 Å².